The summed E-state index contributed by atoms with van der Waals surface area (Å²) in [6.07, 6.45) is 2.65. The lowest BCUT2D eigenvalue weighted by Gasteiger charge is -2.40. The van der Waals surface area contributed by atoms with Gasteiger partial charge in [-0.1, -0.05) is 32.9 Å². The third-order valence-corrected chi connectivity index (χ3v) is 4.02. The second-order valence-electron chi connectivity index (χ2n) is 5.24. The molecule has 0 bridgehead atoms. The van der Waals surface area contributed by atoms with Gasteiger partial charge in [-0.05, 0) is 18.3 Å². The maximum absolute atomic E-state index is 6.33. The summed E-state index contributed by atoms with van der Waals surface area (Å²) in [6, 6.07) is 0.173. The maximum atomic E-state index is 6.33. The second-order valence-corrected chi connectivity index (χ2v) is 5.24. The van der Waals surface area contributed by atoms with E-state index >= 15 is 0 Å². The van der Waals surface area contributed by atoms with Gasteiger partial charge in [0.15, 0.2) is 0 Å². The van der Waals surface area contributed by atoms with Gasteiger partial charge in [-0.2, -0.15) is 0 Å². The van der Waals surface area contributed by atoms with Gasteiger partial charge >= 0.3 is 0 Å². The van der Waals surface area contributed by atoms with Crippen LogP contribution in [0.2, 0.25) is 0 Å². The highest BCUT2D eigenvalue weighted by Gasteiger charge is 2.52. The van der Waals surface area contributed by atoms with Gasteiger partial charge in [0.25, 0.3) is 0 Å². The SMILES string of the molecule is CC(C)C1(C(C)C)c2nocc2C[C@H]1N. The molecule has 0 unspecified atom stereocenters. The Morgan fingerprint density at radius 1 is 1.40 bits per heavy atom. The number of nitrogens with two attached hydrogens (primary N) is 1. The molecule has 3 nitrogen and oxygen atoms in total. The highest BCUT2D eigenvalue weighted by molar-refractivity contribution is 5.36. The van der Waals surface area contributed by atoms with Crippen molar-refractivity contribution in [2.75, 3.05) is 0 Å². The quantitative estimate of drug-likeness (QED) is 0.809. The second kappa shape index (κ2) is 3.34. The van der Waals surface area contributed by atoms with Crippen molar-refractivity contribution in [1.82, 2.24) is 5.16 Å². The molecule has 1 aliphatic carbocycles. The van der Waals surface area contributed by atoms with E-state index in [2.05, 4.69) is 32.9 Å². The van der Waals surface area contributed by atoms with Crippen molar-refractivity contribution >= 4 is 0 Å². The monoisotopic (exact) mass is 208 g/mol. The van der Waals surface area contributed by atoms with Gasteiger partial charge in [0.1, 0.15) is 6.26 Å². The van der Waals surface area contributed by atoms with Crippen molar-refractivity contribution in [2.24, 2.45) is 17.6 Å². The van der Waals surface area contributed by atoms with Crippen molar-refractivity contribution in [2.45, 2.75) is 45.6 Å². The minimum atomic E-state index is -0.0116. The molecule has 0 saturated carbocycles. The molecule has 0 fully saturated rings. The van der Waals surface area contributed by atoms with Crippen LogP contribution in [0.1, 0.15) is 39.0 Å². The van der Waals surface area contributed by atoms with E-state index in [0.717, 1.165) is 12.1 Å². The molecule has 15 heavy (non-hydrogen) atoms. The molecule has 2 N–H and O–H groups in total. The Balaban J connectivity index is 2.57. The van der Waals surface area contributed by atoms with Gasteiger partial charge in [0, 0.05) is 17.0 Å². The molecule has 1 aromatic rings. The summed E-state index contributed by atoms with van der Waals surface area (Å²) in [6.45, 7) is 8.90. The summed E-state index contributed by atoms with van der Waals surface area (Å²) in [5.41, 5.74) is 8.61. The van der Waals surface area contributed by atoms with Crippen LogP contribution in [0.15, 0.2) is 10.8 Å². The molecule has 1 heterocycles. The summed E-state index contributed by atoms with van der Waals surface area (Å²) in [5.74, 6) is 0.970. The Morgan fingerprint density at radius 3 is 2.53 bits per heavy atom. The molecule has 0 aliphatic heterocycles. The first-order valence-corrected chi connectivity index (χ1v) is 5.70. The van der Waals surface area contributed by atoms with E-state index in [-0.39, 0.29) is 11.5 Å². The number of rotatable bonds is 2. The van der Waals surface area contributed by atoms with Crippen molar-refractivity contribution in [1.29, 1.82) is 0 Å². The van der Waals surface area contributed by atoms with Crippen LogP contribution in [0.5, 0.6) is 0 Å². The van der Waals surface area contributed by atoms with Gasteiger partial charge in [-0.15, -0.1) is 0 Å². The maximum Gasteiger partial charge on any atom is 0.127 e. The molecule has 0 saturated heterocycles. The first-order valence-electron chi connectivity index (χ1n) is 5.70. The predicted molar refractivity (Wildman–Crippen MR) is 59.5 cm³/mol. The Labute approximate surface area is 91.0 Å². The van der Waals surface area contributed by atoms with Crippen LogP contribution in [-0.4, -0.2) is 11.2 Å². The fourth-order valence-electron chi connectivity index (χ4n) is 3.41. The van der Waals surface area contributed by atoms with Crippen LogP contribution >= 0.6 is 0 Å². The molecule has 0 spiro atoms. The van der Waals surface area contributed by atoms with Crippen LogP contribution < -0.4 is 5.73 Å². The zero-order valence-electron chi connectivity index (χ0n) is 9.95. The number of nitrogens with zero attached hydrogens (tertiary/aromatic N) is 1. The Hall–Kier alpha value is -0.830. The van der Waals surface area contributed by atoms with Crippen LogP contribution in [0.3, 0.4) is 0 Å². The molecule has 0 amide bonds. The molecule has 0 radical (unpaired) electrons. The Bertz CT molecular complexity index is 346. The fraction of sp³-hybridized carbons (Fsp3) is 0.750. The zero-order chi connectivity index (χ0) is 11.2. The lowest BCUT2D eigenvalue weighted by Crippen LogP contribution is -2.50. The third-order valence-electron chi connectivity index (χ3n) is 4.02. The van der Waals surface area contributed by atoms with Gasteiger partial charge in [0.05, 0.1) is 5.69 Å². The van der Waals surface area contributed by atoms with Crippen molar-refractivity contribution in [3.63, 3.8) is 0 Å². The first kappa shape index (κ1) is 10.7. The molecule has 0 aromatic carbocycles. The Morgan fingerprint density at radius 2 is 2.00 bits per heavy atom. The van der Waals surface area contributed by atoms with Crippen LogP contribution in [0.4, 0.5) is 0 Å². The molecule has 1 aromatic heterocycles. The van der Waals surface area contributed by atoms with Crippen LogP contribution in [0.25, 0.3) is 0 Å². The van der Waals surface area contributed by atoms with E-state index in [1.165, 1.54) is 5.56 Å². The number of aromatic nitrogens is 1. The molecule has 84 valence electrons. The normalized spacial score (nSPS) is 23.8. The smallest absolute Gasteiger partial charge is 0.127 e. The van der Waals surface area contributed by atoms with Crippen LogP contribution in [-0.2, 0) is 11.8 Å². The average Bonchev–Trinajstić information content (AvgIpc) is 2.60. The standard InChI is InChI=1S/C12H20N2O/c1-7(2)12(8(3)4)10(13)5-9-6-15-14-11(9)12/h6-8,10H,5,13H2,1-4H3/t10-/m1/s1. The largest absolute Gasteiger partial charge is 0.364 e. The summed E-state index contributed by atoms with van der Waals surface area (Å²) >= 11 is 0. The summed E-state index contributed by atoms with van der Waals surface area (Å²) in [7, 11) is 0. The van der Waals surface area contributed by atoms with Crippen molar-refractivity contribution in [3.05, 3.63) is 17.5 Å². The van der Waals surface area contributed by atoms with Crippen molar-refractivity contribution < 1.29 is 4.52 Å². The minimum absolute atomic E-state index is 0.0116. The number of hydrogen-bond acceptors (Lipinski definition) is 3. The third kappa shape index (κ3) is 1.19. The lowest BCUT2D eigenvalue weighted by atomic mass is 9.65. The van der Waals surface area contributed by atoms with E-state index in [0.29, 0.717) is 11.8 Å². The topological polar surface area (TPSA) is 52.0 Å². The number of fused-ring (bicyclic) bond motifs is 1. The summed E-state index contributed by atoms with van der Waals surface area (Å²) in [5, 5.41) is 4.19. The number of hydrogen-bond donors (Lipinski definition) is 1. The molecular weight excluding hydrogens is 188 g/mol. The van der Waals surface area contributed by atoms with Gasteiger partial charge in [-0.3, -0.25) is 0 Å². The molecule has 1 atom stereocenters. The Kier molecular flexibility index (Phi) is 2.38. The predicted octanol–water partition coefficient (Wildman–Crippen LogP) is 2.11. The molecular formula is C12H20N2O. The lowest BCUT2D eigenvalue weighted by molar-refractivity contribution is 0.174. The van der Waals surface area contributed by atoms with E-state index in [1.807, 2.05) is 0 Å². The molecule has 1 aliphatic rings. The zero-order valence-corrected chi connectivity index (χ0v) is 9.95. The minimum Gasteiger partial charge on any atom is -0.364 e. The summed E-state index contributed by atoms with van der Waals surface area (Å²) < 4.78 is 5.09. The van der Waals surface area contributed by atoms with Gasteiger partial charge in [0.2, 0.25) is 0 Å². The molecule has 3 heteroatoms. The fourth-order valence-corrected chi connectivity index (χ4v) is 3.41. The van der Waals surface area contributed by atoms with Gasteiger partial charge in [-0.25, -0.2) is 0 Å². The van der Waals surface area contributed by atoms with E-state index in [4.69, 9.17) is 10.3 Å². The average molecular weight is 208 g/mol. The first-order chi connectivity index (χ1) is 7.01. The van der Waals surface area contributed by atoms with E-state index in [1.54, 1.807) is 6.26 Å². The highest BCUT2D eigenvalue weighted by atomic mass is 16.5. The van der Waals surface area contributed by atoms with Gasteiger partial charge < -0.3 is 10.3 Å². The molecule has 2 rings (SSSR count). The van der Waals surface area contributed by atoms with Crippen molar-refractivity contribution in [3.8, 4) is 0 Å². The highest BCUT2D eigenvalue weighted by Crippen LogP contribution is 2.47. The van der Waals surface area contributed by atoms with E-state index in [9.17, 15) is 0 Å². The summed E-state index contributed by atoms with van der Waals surface area (Å²) in [4.78, 5) is 0. The van der Waals surface area contributed by atoms with Crippen LogP contribution in [0, 0.1) is 11.8 Å². The van der Waals surface area contributed by atoms with E-state index < -0.39 is 0 Å².